The first-order chi connectivity index (χ1) is 6.67. The standard InChI is InChI=1S/C14H22/c1-4-5-9-14(3)10-11(2)12-7-6-8-13(12)14/h6,8,11H,4-5,7,9-10H2,1-3H3. The predicted octanol–water partition coefficient (Wildman–Crippen LogP) is 4.48. The van der Waals surface area contributed by atoms with Crippen molar-refractivity contribution in [3.63, 3.8) is 0 Å². The lowest BCUT2D eigenvalue weighted by Crippen LogP contribution is -2.15. The monoisotopic (exact) mass is 190 g/mol. The summed E-state index contributed by atoms with van der Waals surface area (Å²) in [6, 6.07) is 0. The molecule has 14 heavy (non-hydrogen) atoms. The van der Waals surface area contributed by atoms with Gasteiger partial charge in [-0.15, -0.1) is 0 Å². The van der Waals surface area contributed by atoms with Crippen molar-refractivity contribution in [2.45, 2.75) is 52.9 Å². The van der Waals surface area contributed by atoms with Crippen LogP contribution in [0.15, 0.2) is 23.3 Å². The zero-order chi connectivity index (χ0) is 10.2. The molecule has 2 aliphatic rings. The normalized spacial score (nSPS) is 35.5. The highest BCUT2D eigenvalue weighted by molar-refractivity contribution is 5.43. The summed E-state index contributed by atoms with van der Waals surface area (Å²) in [5, 5.41) is 0. The van der Waals surface area contributed by atoms with Crippen LogP contribution in [0.2, 0.25) is 0 Å². The van der Waals surface area contributed by atoms with Crippen LogP contribution in [0.5, 0.6) is 0 Å². The Bertz CT molecular complexity index is 282. The van der Waals surface area contributed by atoms with E-state index in [4.69, 9.17) is 0 Å². The van der Waals surface area contributed by atoms with Crippen molar-refractivity contribution in [1.82, 2.24) is 0 Å². The lowest BCUT2D eigenvalue weighted by molar-refractivity contribution is 0.328. The van der Waals surface area contributed by atoms with Crippen molar-refractivity contribution in [1.29, 1.82) is 0 Å². The molecule has 0 aromatic carbocycles. The quantitative estimate of drug-likeness (QED) is 0.615. The molecule has 0 aromatic heterocycles. The second kappa shape index (κ2) is 3.56. The van der Waals surface area contributed by atoms with Crippen LogP contribution in [0.25, 0.3) is 0 Å². The van der Waals surface area contributed by atoms with Gasteiger partial charge in [0.15, 0.2) is 0 Å². The molecule has 2 rings (SSSR count). The fourth-order valence-corrected chi connectivity index (χ4v) is 3.29. The number of hydrogen-bond acceptors (Lipinski definition) is 0. The van der Waals surface area contributed by atoms with E-state index in [0.29, 0.717) is 5.41 Å². The fraction of sp³-hybridized carbons (Fsp3) is 0.714. The van der Waals surface area contributed by atoms with Gasteiger partial charge in [-0.1, -0.05) is 51.3 Å². The van der Waals surface area contributed by atoms with Gasteiger partial charge in [-0.3, -0.25) is 0 Å². The number of rotatable bonds is 3. The van der Waals surface area contributed by atoms with Gasteiger partial charge >= 0.3 is 0 Å². The smallest absolute Gasteiger partial charge is 0.00700 e. The Kier molecular flexibility index (Phi) is 2.55. The van der Waals surface area contributed by atoms with Gasteiger partial charge in [-0.05, 0) is 36.2 Å². The average Bonchev–Trinajstić information content (AvgIpc) is 2.69. The summed E-state index contributed by atoms with van der Waals surface area (Å²) in [5.74, 6) is 0.835. The lowest BCUT2D eigenvalue weighted by atomic mass is 9.78. The Balaban J connectivity index is 2.17. The molecular formula is C14H22. The zero-order valence-corrected chi connectivity index (χ0v) is 9.77. The van der Waals surface area contributed by atoms with Gasteiger partial charge in [0.05, 0.1) is 0 Å². The van der Waals surface area contributed by atoms with E-state index in [2.05, 4.69) is 32.9 Å². The molecule has 2 atom stereocenters. The van der Waals surface area contributed by atoms with E-state index >= 15 is 0 Å². The van der Waals surface area contributed by atoms with E-state index in [0.717, 1.165) is 5.92 Å². The highest BCUT2D eigenvalue weighted by atomic mass is 14.4. The second-order valence-electron chi connectivity index (χ2n) is 5.31. The molecule has 0 aliphatic heterocycles. The Morgan fingerprint density at radius 2 is 2.29 bits per heavy atom. The number of allylic oxidation sites excluding steroid dienone is 4. The van der Waals surface area contributed by atoms with E-state index in [1.807, 2.05) is 0 Å². The summed E-state index contributed by atoms with van der Waals surface area (Å²) in [4.78, 5) is 0. The molecule has 0 bridgehead atoms. The third kappa shape index (κ3) is 1.45. The van der Waals surface area contributed by atoms with Gasteiger partial charge in [0, 0.05) is 0 Å². The fourth-order valence-electron chi connectivity index (χ4n) is 3.29. The van der Waals surface area contributed by atoms with Gasteiger partial charge in [0.25, 0.3) is 0 Å². The van der Waals surface area contributed by atoms with Crippen LogP contribution in [0, 0.1) is 11.3 Å². The topological polar surface area (TPSA) is 0 Å². The van der Waals surface area contributed by atoms with Crippen LogP contribution in [-0.4, -0.2) is 0 Å². The summed E-state index contributed by atoms with van der Waals surface area (Å²) in [5.41, 5.74) is 3.94. The summed E-state index contributed by atoms with van der Waals surface area (Å²) in [6.07, 6.45) is 11.5. The minimum absolute atomic E-state index is 0.512. The van der Waals surface area contributed by atoms with Crippen molar-refractivity contribution in [3.8, 4) is 0 Å². The molecule has 0 nitrogen and oxygen atoms in total. The minimum Gasteiger partial charge on any atom is -0.0801 e. The lowest BCUT2D eigenvalue weighted by Gasteiger charge is -2.26. The molecule has 0 radical (unpaired) electrons. The molecule has 0 heteroatoms. The maximum absolute atomic E-state index is 2.47. The maximum atomic E-state index is 2.47. The third-order valence-corrected chi connectivity index (χ3v) is 4.05. The van der Waals surface area contributed by atoms with Crippen molar-refractivity contribution in [3.05, 3.63) is 23.3 Å². The molecule has 0 N–H and O–H groups in total. The molecule has 0 amide bonds. The molecule has 78 valence electrons. The Labute approximate surface area is 88.1 Å². The molecule has 0 spiro atoms. The van der Waals surface area contributed by atoms with Crippen LogP contribution >= 0.6 is 0 Å². The highest BCUT2D eigenvalue weighted by Crippen LogP contribution is 2.52. The van der Waals surface area contributed by atoms with E-state index < -0.39 is 0 Å². The van der Waals surface area contributed by atoms with Gasteiger partial charge in [0.2, 0.25) is 0 Å². The van der Waals surface area contributed by atoms with E-state index in [9.17, 15) is 0 Å². The molecular weight excluding hydrogens is 168 g/mol. The SMILES string of the molecule is CCCCC1(C)CC(C)C2=C1C=CC2. The Hall–Kier alpha value is -0.520. The van der Waals surface area contributed by atoms with Crippen LogP contribution in [0.3, 0.4) is 0 Å². The first-order valence-corrected chi connectivity index (χ1v) is 6.07. The van der Waals surface area contributed by atoms with Crippen molar-refractivity contribution in [2.24, 2.45) is 11.3 Å². The average molecular weight is 190 g/mol. The molecule has 0 saturated carbocycles. The van der Waals surface area contributed by atoms with Crippen molar-refractivity contribution in [2.75, 3.05) is 0 Å². The van der Waals surface area contributed by atoms with E-state index in [1.54, 1.807) is 11.1 Å². The van der Waals surface area contributed by atoms with Gasteiger partial charge < -0.3 is 0 Å². The van der Waals surface area contributed by atoms with Gasteiger partial charge in [-0.2, -0.15) is 0 Å². The number of hydrogen-bond donors (Lipinski definition) is 0. The Morgan fingerprint density at radius 3 is 3.00 bits per heavy atom. The summed E-state index contributed by atoms with van der Waals surface area (Å²) < 4.78 is 0. The minimum atomic E-state index is 0.512. The molecule has 2 unspecified atom stereocenters. The summed E-state index contributed by atoms with van der Waals surface area (Å²) >= 11 is 0. The predicted molar refractivity (Wildman–Crippen MR) is 62.2 cm³/mol. The maximum Gasteiger partial charge on any atom is -0.00700 e. The van der Waals surface area contributed by atoms with Crippen molar-refractivity contribution >= 4 is 0 Å². The Morgan fingerprint density at radius 1 is 1.50 bits per heavy atom. The first kappa shape index (κ1) is 10.0. The molecule has 2 aliphatic carbocycles. The molecule has 0 aromatic rings. The van der Waals surface area contributed by atoms with Crippen LogP contribution in [-0.2, 0) is 0 Å². The molecule has 0 saturated heterocycles. The first-order valence-electron chi connectivity index (χ1n) is 6.07. The number of unbranched alkanes of at least 4 members (excludes halogenated alkanes) is 1. The van der Waals surface area contributed by atoms with Crippen LogP contribution < -0.4 is 0 Å². The highest BCUT2D eigenvalue weighted by Gasteiger charge is 2.39. The summed E-state index contributed by atoms with van der Waals surface area (Å²) in [7, 11) is 0. The van der Waals surface area contributed by atoms with Crippen LogP contribution in [0.4, 0.5) is 0 Å². The second-order valence-corrected chi connectivity index (χ2v) is 5.31. The molecule has 0 heterocycles. The zero-order valence-electron chi connectivity index (χ0n) is 9.77. The summed E-state index contributed by atoms with van der Waals surface area (Å²) in [6.45, 7) is 7.16. The third-order valence-electron chi connectivity index (χ3n) is 4.05. The molecule has 0 fully saturated rings. The van der Waals surface area contributed by atoms with E-state index in [1.165, 1.54) is 32.1 Å². The van der Waals surface area contributed by atoms with Crippen molar-refractivity contribution < 1.29 is 0 Å². The van der Waals surface area contributed by atoms with Gasteiger partial charge in [-0.25, -0.2) is 0 Å². The van der Waals surface area contributed by atoms with Crippen LogP contribution in [0.1, 0.15) is 52.9 Å². The van der Waals surface area contributed by atoms with E-state index in [-0.39, 0.29) is 0 Å². The van der Waals surface area contributed by atoms with Gasteiger partial charge in [0.1, 0.15) is 0 Å². The largest absolute Gasteiger partial charge is 0.0801 e.